The smallest absolute Gasteiger partial charge is 0.227 e. The summed E-state index contributed by atoms with van der Waals surface area (Å²) < 4.78 is 19.3. The van der Waals surface area contributed by atoms with Gasteiger partial charge in [0.2, 0.25) is 5.91 Å². The van der Waals surface area contributed by atoms with E-state index < -0.39 is 0 Å². The lowest BCUT2D eigenvalue weighted by atomic mass is 9.87. The van der Waals surface area contributed by atoms with Crippen LogP contribution in [0.3, 0.4) is 0 Å². The molecule has 0 aliphatic carbocycles. The third-order valence-electron chi connectivity index (χ3n) is 6.01. The monoisotopic (exact) mass is 459 g/mol. The van der Waals surface area contributed by atoms with Crippen LogP contribution in [0.15, 0.2) is 23.2 Å². The van der Waals surface area contributed by atoms with E-state index >= 15 is 0 Å². The maximum Gasteiger partial charge on any atom is 0.227 e. The Labute approximate surface area is 192 Å². The molecule has 3 heterocycles. The van der Waals surface area contributed by atoms with E-state index in [9.17, 15) is 9.18 Å². The maximum atomic E-state index is 13.9. The third-order valence-corrected chi connectivity index (χ3v) is 7.08. The minimum absolute atomic E-state index is 0.0297. The van der Waals surface area contributed by atoms with E-state index in [2.05, 4.69) is 34.4 Å². The predicted octanol–water partition coefficient (Wildman–Crippen LogP) is 3.34. The number of hydrogen-bond donors (Lipinski definition) is 2. The number of amidine groups is 1. The summed E-state index contributed by atoms with van der Waals surface area (Å²) in [5, 5.41) is 7.88. The summed E-state index contributed by atoms with van der Waals surface area (Å²) in [7, 11) is 3.58. The first-order chi connectivity index (χ1) is 15.3. The molecule has 9 heteroatoms. The summed E-state index contributed by atoms with van der Waals surface area (Å²) in [5.74, 6) is 0.439. The lowest BCUT2D eigenvalue weighted by molar-refractivity contribution is -0.121. The molecule has 32 heavy (non-hydrogen) atoms. The lowest BCUT2D eigenvalue weighted by Gasteiger charge is -2.23. The highest BCUT2D eigenvalue weighted by Gasteiger charge is 2.38. The van der Waals surface area contributed by atoms with Gasteiger partial charge in [-0.25, -0.2) is 9.37 Å². The Kier molecular flexibility index (Phi) is 6.48. The molecule has 2 aliphatic rings. The number of nitrogens with zero attached hydrogens (tertiary/aromatic N) is 3. The molecule has 0 unspecified atom stereocenters. The van der Waals surface area contributed by atoms with Crippen LogP contribution in [0.1, 0.15) is 43.0 Å². The molecule has 2 aromatic rings. The highest BCUT2D eigenvalue weighted by molar-refractivity contribution is 7.16. The normalized spacial score (nSPS) is 18.5. The van der Waals surface area contributed by atoms with Gasteiger partial charge in [-0.15, -0.1) is 11.3 Å². The van der Waals surface area contributed by atoms with Gasteiger partial charge in [0.15, 0.2) is 5.84 Å². The lowest BCUT2D eigenvalue weighted by Crippen LogP contribution is -2.39. The van der Waals surface area contributed by atoms with E-state index in [1.54, 1.807) is 19.2 Å². The van der Waals surface area contributed by atoms with Gasteiger partial charge in [0.05, 0.1) is 6.42 Å². The fraction of sp³-hybridized carbons (Fsp3) is 0.522. The summed E-state index contributed by atoms with van der Waals surface area (Å²) in [4.78, 5) is 24.0. The van der Waals surface area contributed by atoms with Crippen molar-refractivity contribution in [1.82, 2.24) is 10.3 Å². The van der Waals surface area contributed by atoms with Gasteiger partial charge in [-0.1, -0.05) is 13.8 Å². The number of benzene rings is 1. The Bertz CT molecular complexity index is 1030. The molecule has 2 aliphatic heterocycles. The number of halogens is 1. The second-order valence-corrected chi connectivity index (χ2v) is 9.93. The number of ether oxygens (including phenoxy) is 1. The number of amides is 1. The molecule has 1 aromatic carbocycles. The molecule has 7 nitrogen and oxygen atoms in total. The topological polar surface area (TPSA) is 78.8 Å². The van der Waals surface area contributed by atoms with Gasteiger partial charge in [0.1, 0.15) is 21.5 Å². The summed E-state index contributed by atoms with van der Waals surface area (Å²) in [6.45, 7) is 6.24. The van der Waals surface area contributed by atoms with Gasteiger partial charge in [-0.05, 0) is 36.6 Å². The van der Waals surface area contributed by atoms with Crippen molar-refractivity contribution >= 4 is 33.8 Å². The number of rotatable bonds is 5. The van der Waals surface area contributed by atoms with Crippen molar-refractivity contribution in [3.8, 4) is 0 Å². The van der Waals surface area contributed by atoms with Gasteiger partial charge >= 0.3 is 0 Å². The van der Waals surface area contributed by atoms with Crippen molar-refractivity contribution in [2.24, 2.45) is 4.99 Å². The molecule has 1 amide bonds. The van der Waals surface area contributed by atoms with Crippen molar-refractivity contribution < 1.29 is 13.9 Å². The van der Waals surface area contributed by atoms with Gasteiger partial charge in [0, 0.05) is 51.0 Å². The molecule has 1 fully saturated rings. The zero-order valence-corrected chi connectivity index (χ0v) is 19.8. The second-order valence-electron chi connectivity index (χ2n) is 8.84. The maximum absolute atomic E-state index is 13.9. The minimum atomic E-state index is -0.240. The number of anilines is 2. The Morgan fingerprint density at radius 3 is 2.81 bits per heavy atom. The standard InChI is InChI=1S/C23H30FN5O2S/c1-23(2)13-29(17-6-5-14(24)11-16(17)23)21(25-3)20-22(26-4)32-19(28-20)12-18(30)27-15-7-9-31-10-8-15/h5-6,11,15,26H,7-10,12-13H2,1-4H3,(H,27,30). The van der Waals surface area contributed by atoms with Crippen molar-refractivity contribution in [1.29, 1.82) is 0 Å². The number of thiazole rings is 1. The van der Waals surface area contributed by atoms with E-state index in [0.29, 0.717) is 31.3 Å². The number of fused-ring (bicyclic) bond motifs is 1. The van der Waals surface area contributed by atoms with Crippen LogP contribution in [0.2, 0.25) is 0 Å². The molecule has 2 N–H and O–H groups in total. The molecule has 0 bridgehead atoms. The molecular weight excluding hydrogens is 429 g/mol. The average Bonchev–Trinajstić information content (AvgIpc) is 3.27. The molecular formula is C23H30FN5O2S. The van der Waals surface area contributed by atoms with E-state index in [1.807, 2.05) is 7.05 Å². The van der Waals surface area contributed by atoms with E-state index in [-0.39, 0.29) is 29.6 Å². The van der Waals surface area contributed by atoms with Gasteiger partial charge in [-0.3, -0.25) is 9.79 Å². The zero-order valence-electron chi connectivity index (χ0n) is 19.0. The second kappa shape index (κ2) is 9.15. The first kappa shape index (κ1) is 22.7. The summed E-state index contributed by atoms with van der Waals surface area (Å²) >= 11 is 1.46. The van der Waals surface area contributed by atoms with Crippen LogP contribution >= 0.6 is 11.3 Å². The van der Waals surface area contributed by atoms with Crippen LogP contribution in [-0.4, -0.2) is 56.6 Å². The predicted molar refractivity (Wildman–Crippen MR) is 127 cm³/mol. The summed E-state index contributed by atoms with van der Waals surface area (Å²) in [6, 6.07) is 5.05. The number of nitrogens with one attached hydrogen (secondary N) is 2. The van der Waals surface area contributed by atoms with Gasteiger partial charge < -0.3 is 20.3 Å². The van der Waals surface area contributed by atoms with Crippen LogP contribution < -0.4 is 15.5 Å². The first-order valence-corrected chi connectivity index (χ1v) is 11.7. The Morgan fingerprint density at radius 1 is 1.38 bits per heavy atom. The van der Waals surface area contributed by atoms with Crippen molar-refractivity contribution in [2.75, 3.05) is 44.1 Å². The van der Waals surface area contributed by atoms with Crippen LogP contribution in [0, 0.1) is 5.82 Å². The molecule has 0 radical (unpaired) electrons. The molecule has 1 saturated heterocycles. The largest absolute Gasteiger partial charge is 0.381 e. The molecule has 0 saturated carbocycles. The third kappa shape index (κ3) is 4.49. The zero-order chi connectivity index (χ0) is 22.9. The van der Waals surface area contributed by atoms with Crippen LogP contribution in [0.5, 0.6) is 0 Å². The Balaban J connectivity index is 1.58. The fourth-order valence-electron chi connectivity index (χ4n) is 4.41. The number of hydrogen-bond acceptors (Lipinski definition) is 6. The van der Waals surface area contributed by atoms with Crippen molar-refractivity contribution in [3.63, 3.8) is 0 Å². The number of carbonyl (C=O) groups is 1. The van der Waals surface area contributed by atoms with Crippen molar-refractivity contribution in [3.05, 3.63) is 40.3 Å². The van der Waals surface area contributed by atoms with Crippen molar-refractivity contribution in [2.45, 2.75) is 44.6 Å². The minimum Gasteiger partial charge on any atom is -0.381 e. The van der Waals surface area contributed by atoms with E-state index in [0.717, 1.165) is 34.1 Å². The highest BCUT2D eigenvalue weighted by atomic mass is 32.1. The molecule has 0 spiro atoms. The highest BCUT2D eigenvalue weighted by Crippen LogP contribution is 2.42. The first-order valence-electron chi connectivity index (χ1n) is 10.9. The Morgan fingerprint density at radius 2 is 2.12 bits per heavy atom. The van der Waals surface area contributed by atoms with E-state index in [1.165, 1.54) is 17.4 Å². The summed E-state index contributed by atoms with van der Waals surface area (Å²) in [6.07, 6.45) is 1.91. The van der Waals surface area contributed by atoms with Gasteiger partial charge in [0.25, 0.3) is 0 Å². The fourth-order valence-corrected chi connectivity index (χ4v) is 5.33. The molecule has 4 rings (SSSR count). The number of aliphatic imine (C=N–C) groups is 1. The number of carbonyl (C=O) groups excluding carboxylic acids is 1. The molecule has 1 aromatic heterocycles. The van der Waals surface area contributed by atoms with E-state index in [4.69, 9.17) is 9.72 Å². The summed E-state index contributed by atoms with van der Waals surface area (Å²) in [5.41, 5.74) is 2.37. The van der Waals surface area contributed by atoms with Crippen LogP contribution in [0.25, 0.3) is 0 Å². The Hall–Kier alpha value is -2.52. The average molecular weight is 460 g/mol. The van der Waals surface area contributed by atoms with Gasteiger partial charge in [-0.2, -0.15) is 0 Å². The molecule has 0 atom stereocenters. The SMILES string of the molecule is CN=C(c1nc(CC(=O)NC2CCOCC2)sc1NC)N1CC(C)(C)c2cc(F)ccc21. The van der Waals surface area contributed by atoms with Crippen LogP contribution in [0.4, 0.5) is 15.1 Å². The van der Waals surface area contributed by atoms with Crippen LogP contribution in [-0.2, 0) is 21.4 Å². The number of aromatic nitrogens is 1. The molecule has 172 valence electrons. The quantitative estimate of drug-likeness (QED) is 0.530.